The third-order valence-corrected chi connectivity index (χ3v) is 2.05. The maximum absolute atomic E-state index is 11.3. The minimum atomic E-state index is -0.183. The second-order valence-electron chi connectivity index (χ2n) is 3.37. The Balaban J connectivity index is 2.63. The predicted octanol–water partition coefficient (Wildman–Crippen LogP) is 1.73. The first kappa shape index (κ1) is 11.5. The minimum absolute atomic E-state index is 0.183. The zero-order valence-corrected chi connectivity index (χ0v) is 8.89. The molecule has 0 fully saturated rings. The van der Waals surface area contributed by atoms with Crippen LogP contribution in [-0.4, -0.2) is 15.8 Å². The van der Waals surface area contributed by atoms with Gasteiger partial charge < -0.3 is 5.21 Å². The molecule has 0 aliphatic rings. The largest absolute Gasteiger partial charge is 0.427 e. The molecule has 0 spiro atoms. The molecule has 1 amide bonds. The molecule has 4 heteroatoms. The SMILES string of the molecule is CCCCCC(=O)N=c1ccccn1O. The molecule has 1 aromatic heterocycles. The summed E-state index contributed by atoms with van der Waals surface area (Å²) in [5.41, 5.74) is 0.277. The summed E-state index contributed by atoms with van der Waals surface area (Å²) in [4.78, 5) is 15.2. The second kappa shape index (κ2) is 6.01. The number of carbonyl (C=O) groups excluding carboxylic acids is 1. The molecule has 0 aromatic carbocycles. The summed E-state index contributed by atoms with van der Waals surface area (Å²) >= 11 is 0. The van der Waals surface area contributed by atoms with Crippen molar-refractivity contribution in [1.29, 1.82) is 0 Å². The number of pyridine rings is 1. The van der Waals surface area contributed by atoms with Gasteiger partial charge in [0.15, 0.2) is 5.49 Å². The van der Waals surface area contributed by atoms with Gasteiger partial charge in [-0.15, -0.1) is 0 Å². The molecule has 0 aliphatic heterocycles. The van der Waals surface area contributed by atoms with Crippen molar-refractivity contribution in [2.24, 2.45) is 4.99 Å². The molecule has 82 valence electrons. The van der Waals surface area contributed by atoms with Gasteiger partial charge in [-0.3, -0.25) is 4.79 Å². The van der Waals surface area contributed by atoms with Gasteiger partial charge in [0.05, 0.1) is 0 Å². The van der Waals surface area contributed by atoms with Crippen molar-refractivity contribution >= 4 is 5.91 Å². The van der Waals surface area contributed by atoms with E-state index in [2.05, 4.69) is 11.9 Å². The van der Waals surface area contributed by atoms with Crippen molar-refractivity contribution in [2.75, 3.05) is 0 Å². The van der Waals surface area contributed by atoms with E-state index in [1.807, 2.05) is 0 Å². The molecule has 1 heterocycles. The topological polar surface area (TPSA) is 54.6 Å². The highest BCUT2D eigenvalue weighted by atomic mass is 16.5. The Morgan fingerprint density at radius 3 is 2.93 bits per heavy atom. The number of amides is 1. The highest BCUT2D eigenvalue weighted by molar-refractivity contribution is 5.76. The number of hydrogen-bond donors (Lipinski definition) is 1. The first-order chi connectivity index (χ1) is 7.24. The fourth-order valence-electron chi connectivity index (χ4n) is 1.22. The van der Waals surface area contributed by atoms with Gasteiger partial charge in [0.25, 0.3) is 0 Å². The lowest BCUT2D eigenvalue weighted by molar-refractivity contribution is -0.118. The summed E-state index contributed by atoms with van der Waals surface area (Å²) in [6.07, 6.45) is 4.87. The van der Waals surface area contributed by atoms with Crippen molar-refractivity contribution in [3.63, 3.8) is 0 Å². The first-order valence-electron chi connectivity index (χ1n) is 5.18. The van der Waals surface area contributed by atoms with Gasteiger partial charge in [-0.1, -0.05) is 25.8 Å². The molecule has 0 bridgehead atoms. The van der Waals surface area contributed by atoms with E-state index in [0.29, 0.717) is 6.42 Å². The Labute approximate surface area is 88.9 Å². The Morgan fingerprint density at radius 2 is 2.27 bits per heavy atom. The van der Waals surface area contributed by atoms with E-state index >= 15 is 0 Å². The van der Waals surface area contributed by atoms with Gasteiger partial charge in [0.1, 0.15) is 0 Å². The number of unbranched alkanes of at least 4 members (excludes halogenated alkanes) is 2. The average molecular weight is 208 g/mol. The molecule has 1 rings (SSSR count). The van der Waals surface area contributed by atoms with Crippen LogP contribution in [0.1, 0.15) is 32.6 Å². The molecule has 4 nitrogen and oxygen atoms in total. The lowest BCUT2D eigenvalue weighted by atomic mass is 10.2. The third-order valence-electron chi connectivity index (χ3n) is 2.05. The quantitative estimate of drug-likeness (QED) is 0.605. The van der Waals surface area contributed by atoms with Crippen LogP contribution in [0, 0.1) is 0 Å². The second-order valence-corrected chi connectivity index (χ2v) is 3.37. The Morgan fingerprint density at radius 1 is 1.47 bits per heavy atom. The maximum atomic E-state index is 11.3. The first-order valence-corrected chi connectivity index (χ1v) is 5.18. The summed E-state index contributed by atoms with van der Waals surface area (Å²) in [5.74, 6) is -0.183. The van der Waals surface area contributed by atoms with E-state index in [1.165, 1.54) is 6.20 Å². The van der Waals surface area contributed by atoms with Crippen LogP contribution in [-0.2, 0) is 4.79 Å². The van der Waals surface area contributed by atoms with Crippen LogP contribution in [0.2, 0.25) is 0 Å². The van der Waals surface area contributed by atoms with E-state index in [1.54, 1.807) is 18.2 Å². The molecule has 0 aliphatic carbocycles. The van der Waals surface area contributed by atoms with E-state index in [0.717, 1.165) is 24.0 Å². The highest BCUT2D eigenvalue weighted by Gasteiger charge is 1.98. The lowest BCUT2D eigenvalue weighted by Gasteiger charge is -1.97. The molecule has 15 heavy (non-hydrogen) atoms. The average Bonchev–Trinajstić information content (AvgIpc) is 2.22. The summed E-state index contributed by atoms with van der Waals surface area (Å²) in [6.45, 7) is 2.08. The molecular formula is C11H16N2O2. The molecule has 0 atom stereocenters. The standard InChI is InChI=1S/C11H16N2O2/c1-2-3-4-8-11(14)12-10-7-5-6-9-13(10)15/h5-7,9,15H,2-4,8H2,1H3. The Hall–Kier alpha value is -1.58. The van der Waals surface area contributed by atoms with Crippen molar-refractivity contribution in [2.45, 2.75) is 32.6 Å². The Kier molecular flexibility index (Phi) is 4.60. The van der Waals surface area contributed by atoms with E-state index in [9.17, 15) is 10.0 Å². The molecular weight excluding hydrogens is 192 g/mol. The van der Waals surface area contributed by atoms with Gasteiger partial charge in [0, 0.05) is 12.6 Å². The van der Waals surface area contributed by atoms with Gasteiger partial charge in [-0.2, -0.15) is 9.72 Å². The van der Waals surface area contributed by atoms with Crippen molar-refractivity contribution < 1.29 is 10.0 Å². The van der Waals surface area contributed by atoms with Crippen LogP contribution < -0.4 is 5.49 Å². The molecule has 0 unspecified atom stereocenters. The van der Waals surface area contributed by atoms with E-state index in [4.69, 9.17) is 0 Å². The van der Waals surface area contributed by atoms with Crippen molar-refractivity contribution in [3.8, 4) is 0 Å². The minimum Gasteiger partial charge on any atom is -0.427 e. The number of aromatic nitrogens is 1. The zero-order valence-electron chi connectivity index (χ0n) is 8.89. The fraction of sp³-hybridized carbons (Fsp3) is 0.455. The van der Waals surface area contributed by atoms with Gasteiger partial charge >= 0.3 is 0 Å². The van der Waals surface area contributed by atoms with Gasteiger partial charge in [-0.25, -0.2) is 0 Å². The number of hydrogen-bond acceptors (Lipinski definition) is 2. The normalized spacial score (nSPS) is 11.7. The smallest absolute Gasteiger partial charge is 0.247 e. The molecule has 0 saturated heterocycles. The van der Waals surface area contributed by atoms with Crippen LogP contribution >= 0.6 is 0 Å². The Bertz CT molecular complexity index is 382. The van der Waals surface area contributed by atoms with Gasteiger partial charge in [0.2, 0.25) is 5.91 Å². The predicted molar refractivity (Wildman–Crippen MR) is 56.3 cm³/mol. The van der Waals surface area contributed by atoms with E-state index < -0.39 is 0 Å². The molecule has 0 radical (unpaired) electrons. The van der Waals surface area contributed by atoms with Gasteiger partial charge in [-0.05, 0) is 18.6 Å². The number of rotatable bonds is 4. The summed E-state index contributed by atoms with van der Waals surface area (Å²) in [5, 5.41) is 9.30. The summed E-state index contributed by atoms with van der Waals surface area (Å²) < 4.78 is 0.845. The number of nitrogens with zero attached hydrogens (tertiary/aromatic N) is 2. The fourth-order valence-corrected chi connectivity index (χ4v) is 1.22. The van der Waals surface area contributed by atoms with Crippen LogP contribution in [0.25, 0.3) is 0 Å². The summed E-state index contributed by atoms with van der Waals surface area (Å²) in [6, 6.07) is 4.99. The highest BCUT2D eigenvalue weighted by Crippen LogP contribution is 1.99. The van der Waals surface area contributed by atoms with Crippen LogP contribution in [0.3, 0.4) is 0 Å². The molecule has 1 N–H and O–H groups in total. The van der Waals surface area contributed by atoms with Crippen LogP contribution in [0.4, 0.5) is 0 Å². The van der Waals surface area contributed by atoms with Crippen molar-refractivity contribution in [3.05, 3.63) is 29.9 Å². The summed E-state index contributed by atoms with van der Waals surface area (Å²) in [7, 11) is 0. The lowest BCUT2D eigenvalue weighted by Crippen LogP contribution is -2.19. The van der Waals surface area contributed by atoms with E-state index in [-0.39, 0.29) is 11.4 Å². The number of carbonyl (C=O) groups is 1. The monoisotopic (exact) mass is 208 g/mol. The van der Waals surface area contributed by atoms with Crippen molar-refractivity contribution in [1.82, 2.24) is 4.73 Å². The zero-order chi connectivity index (χ0) is 11.1. The van der Waals surface area contributed by atoms with Crippen LogP contribution in [0.5, 0.6) is 0 Å². The van der Waals surface area contributed by atoms with Crippen LogP contribution in [0.15, 0.2) is 29.4 Å². The maximum Gasteiger partial charge on any atom is 0.247 e. The molecule has 1 aromatic rings. The third kappa shape index (κ3) is 3.97. The molecule has 0 saturated carbocycles.